The van der Waals surface area contributed by atoms with Crippen LogP contribution in [0.15, 0.2) is 45.5 Å². The smallest absolute Gasteiger partial charge is 0.227 e. The van der Waals surface area contributed by atoms with E-state index in [4.69, 9.17) is 14.1 Å². The van der Waals surface area contributed by atoms with Gasteiger partial charge in [0.05, 0.1) is 12.3 Å². The molecule has 6 heteroatoms. The van der Waals surface area contributed by atoms with Crippen molar-refractivity contribution in [3.8, 4) is 17.2 Å². The Hall–Kier alpha value is -2.18. The molecular weight excluding hydrogens is 363 g/mol. The van der Waals surface area contributed by atoms with Crippen molar-refractivity contribution in [1.29, 1.82) is 0 Å². The number of hydrogen-bond donors (Lipinski definition) is 0. The summed E-state index contributed by atoms with van der Waals surface area (Å²) < 4.78 is 25.3. The lowest BCUT2D eigenvalue weighted by molar-refractivity contribution is 0.122. The lowest BCUT2D eigenvalue weighted by Crippen LogP contribution is -2.37. The minimum Gasteiger partial charge on any atom is -0.490 e. The monoisotopic (exact) mass is 386 g/mol. The van der Waals surface area contributed by atoms with Crippen molar-refractivity contribution in [3.63, 3.8) is 0 Å². The van der Waals surface area contributed by atoms with Crippen LogP contribution in [-0.4, -0.2) is 29.6 Å². The topological polar surface area (TPSA) is 38.5 Å². The number of benzene rings is 1. The quantitative estimate of drug-likeness (QED) is 0.588. The SMILES string of the molecule is Cc1oc(-c2ccsc2)nc1CN1CCC[C@H](COc2ccccc2F)C1. The van der Waals surface area contributed by atoms with E-state index in [1.54, 1.807) is 29.5 Å². The number of thiophene rings is 1. The molecule has 0 aliphatic carbocycles. The minimum absolute atomic E-state index is 0.302. The summed E-state index contributed by atoms with van der Waals surface area (Å²) in [5.74, 6) is 2.00. The lowest BCUT2D eigenvalue weighted by Gasteiger charge is -2.32. The zero-order valence-electron chi connectivity index (χ0n) is 15.4. The first kappa shape index (κ1) is 18.2. The Bertz CT molecular complexity index is 878. The molecule has 1 saturated heterocycles. The van der Waals surface area contributed by atoms with Gasteiger partial charge in [-0.05, 0) is 49.9 Å². The summed E-state index contributed by atoms with van der Waals surface area (Å²) in [6.07, 6.45) is 2.21. The average molecular weight is 386 g/mol. The van der Waals surface area contributed by atoms with Crippen LogP contribution in [0.25, 0.3) is 11.5 Å². The third-order valence-electron chi connectivity index (χ3n) is 4.95. The van der Waals surface area contributed by atoms with Gasteiger partial charge in [-0.15, -0.1) is 0 Å². The fourth-order valence-corrected chi connectivity index (χ4v) is 4.13. The fourth-order valence-electron chi connectivity index (χ4n) is 3.50. The van der Waals surface area contributed by atoms with Crippen LogP contribution in [0.3, 0.4) is 0 Å². The van der Waals surface area contributed by atoms with Crippen LogP contribution >= 0.6 is 11.3 Å². The largest absolute Gasteiger partial charge is 0.490 e. The Kier molecular flexibility index (Phi) is 5.55. The van der Waals surface area contributed by atoms with Crippen molar-refractivity contribution in [2.75, 3.05) is 19.7 Å². The van der Waals surface area contributed by atoms with Crippen LogP contribution < -0.4 is 4.74 Å². The van der Waals surface area contributed by atoms with Gasteiger partial charge in [0.15, 0.2) is 11.6 Å². The molecule has 1 aromatic carbocycles. The van der Waals surface area contributed by atoms with Crippen LogP contribution in [-0.2, 0) is 6.54 Å². The van der Waals surface area contributed by atoms with Crippen LogP contribution in [0.5, 0.6) is 5.75 Å². The maximum atomic E-state index is 13.7. The highest BCUT2D eigenvalue weighted by Crippen LogP contribution is 2.26. The first-order chi connectivity index (χ1) is 13.2. The Morgan fingerprint density at radius 3 is 3.04 bits per heavy atom. The van der Waals surface area contributed by atoms with E-state index >= 15 is 0 Å². The van der Waals surface area contributed by atoms with Crippen molar-refractivity contribution in [3.05, 3.63) is 58.4 Å². The van der Waals surface area contributed by atoms with Gasteiger partial charge in [0.1, 0.15) is 5.76 Å². The number of halogens is 1. The molecule has 1 aliphatic heterocycles. The molecule has 0 spiro atoms. The molecule has 3 aromatic rings. The van der Waals surface area contributed by atoms with Gasteiger partial charge in [-0.3, -0.25) is 4.90 Å². The van der Waals surface area contributed by atoms with Crippen LogP contribution in [0, 0.1) is 18.7 Å². The highest BCUT2D eigenvalue weighted by Gasteiger charge is 2.23. The highest BCUT2D eigenvalue weighted by molar-refractivity contribution is 7.08. The number of piperidine rings is 1. The van der Waals surface area contributed by atoms with Crippen LogP contribution in [0.4, 0.5) is 4.39 Å². The summed E-state index contributed by atoms with van der Waals surface area (Å²) in [5.41, 5.74) is 2.02. The van der Waals surface area contributed by atoms with E-state index in [1.807, 2.05) is 23.8 Å². The second-order valence-electron chi connectivity index (χ2n) is 7.02. The summed E-state index contributed by atoms with van der Waals surface area (Å²) in [4.78, 5) is 7.08. The third kappa shape index (κ3) is 4.39. The van der Waals surface area contributed by atoms with Gasteiger partial charge in [0.25, 0.3) is 0 Å². The number of oxazole rings is 1. The number of rotatable bonds is 6. The van der Waals surface area contributed by atoms with Crippen molar-refractivity contribution < 1.29 is 13.5 Å². The Labute approximate surface area is 162 Å². The van der Waals surface area contributed by atoms with E-state index in [0.29, 0.717) is 24.2 Å². The fraction of sp³-hybridized carbons (Fsp3) is 0.381. The van der Waals surface area contributed by atoms with Crippen LogP contribution in [0.2, 0.25) is 0 Å². The predicted molar refractivity (Wildman–Crippen MR) is 104 cm³/mol. The molecule has 0 unspecified atom stereocenters. The lowest BCUT2D eigenvalue weighted by atomic mass is 9.99. The van der Waals surface area contributed by atoms with Gasteiger partial charge < -0.3 is 9.15 Å². The maximum absolute atomic E-state index is 13.7. The number of para-hydroxylation sites is 1. The molecule has 0 amide bonds. The number of ether oxygens (including phenoxy) is 1. The van der Waals surface area contributed by atoms with Crippen LogP contribution in [0.1, 0.15) is 24.3 Å². The van der Waals surface area contributed by atoms with E-state index in [2.05, 4.69) is 4.90 Å². The van der Waals surface area contributed by atoms with E-state index < -0.39 is 0 Å². The summed E-state index contributed by atoms with van der Waals surface area (Å²) >= 11 is 1.64. The molecule has 0 saturated carbocycles. The minimum atomic E-state index is -0.302. The second kappa shape index (κ2) is 8.23. The zero-order valence-corrected chi connectivity index (χ0v) is 16.2. The first-order valence-corrected chi connectivity index (χ1v) is 10.2. The molecule has 27 heavy (non-hydrogen) atoms. The highest BCUT2D eigenvalue weighted by atomic mass is 32.1. The predicted octanol–water partition coefficient (Wildman–Crippen LogP) is 5.14. The molecule has 0 radical (unpaired) electrons. The molecule has 1 atom stereocenters. The van der Waals surface area contributed by atoms with E-state index in [9.17, 15) is 4.39 Å². The van der Waals surface area contributed by atoms with E-state index in [0.717, 1.165) is 49.5 Å². The Morgan fingerprint density at radius 2 is 2.22 bits per heavy atom. The Balaban J connectivity index is 1.35. The molecule has 0 N–H and O–H groups in total. The first-order valence-electron chi connectivity index (χ1n) is 9.27. The third-order valence-corrected chi connectivity index (χ3v) is 5.63. The van der Waals surface area contributed by atoms with Crippen molar-refractivity contribution in [2.45, 2.75) is 26.3 Å². The van der Waals surface area contributed by atoms with Gasteiger partial charge in [0.2, 0.25) is 5.89 Å². The van der Waals surface area contributed by atoms with Crippen molar-refractivity contribution in [2.24, 2.45) is 5.92 Å². The van der Waals surface area contributed by atoms with Gasteiger partial charge in [-0.2, -0.15) is 11.3 Å². The van der Waals surface area contributed by atoms with Gasteiger partial charge in [-0.1, -0.05) is 12.1 Å². The number of hydrogen-bond acceptors (Lipinski definition) is 5. The molecule has 1 fully saturated rings. The standard InChI is InChI=1S/C21H23FN2O2S/c1-15-19(23-21(26-15)17-8-10-27-14-17)12-24-9-4-5-16(11-24)13-25-20-7-3-2-6-18(20)22/h2-3,6-8,10,14,16H,4-5,9,11-13H2,1H3/t16-/m0/s1. The Morgan fingerprint density at radius 1 is 1.33 bits per heavy atom. The maximum Gasteiger partial charge on any atom is 0.227 e. The molecule has 4 rings (SSSR count). The van der Waals surface area contributed by atoms with Crippen molar-refractivity contribution in [1.82, 2.24) is 9.88 Å². The van der Waals surface area contributed by atoms with E-state index in [1.165, 1.54) is 6.07 Å². The summed E-state index contributed by atoms with van der Waals surface area (Å²) in [5, 5.41) is 4.07. The molecule has 3 heterocycles. The number of nitrogens with zero attached hydrogens (tertiary/aromatic N) is 2. The zero-order chi connectivity index (χ0) is 18.6. The van der Waals surface area contributed by atoms with Gasteiger partial charge in [0, 0.05) is 30.0 Å². The summed E-state index contributed by atoms with van der Waals surface area (Å²) in [6, 6.07) is 8.61. The van der Waals surface area contributed by atoms with Crippen molar-refractivity contribution >= 4 is 11.3 Å². The molecule has 142 valence electrons. The number of aryl methyl sites for hydroxylation is 1. The number of likely N-dealkylation sites (tertiary alicyclic amines) is 1. The average Bonchev–Trinajstić information content (AvgIpc) is 3.32. The molecule has 1 aliphatic rings. The normalized spacial score (nSPS) is 17.9. The molecule has 4 nitrogen and oxygen atoms in total. The molecule has 2 aromatic heterocycles. The van der Waals surface area contributed by atoms with Gasteiger partial charge in [-0.25, -0.2) is 9.37 Å². The second-order valence-corrected chi connectivity index (χ2v) is 7.80. The number of aromatic nitrogens is 1. The van der Waals surface area contributed by atoms with Gasteiger partial charge >= 0.3 is 0 Å². The van der Waals surface area contributed by atoms with E-state index in [-0.39, 0.29) is 5.82 Å². The molecular formula is C21H23FN2O2S. The summed E-state index contributed by atoms with van der Waals surface area (Å²) in [7, 11) is 0. The summed E-state index contributed by atoms with van der Waals surface area (Å²) in [6.45, 7) is 5.25. The molecule has 0 bridgehead atoms.